The lowest BCUT2D eigenvalue weighted by molar-refractivity contribution is 1.08. The SMILES string of the molecule is CC1=C[C@@H]2C=CSC2=C1. The Balaban J connectivity index is 2.37. The van der Waals surface area contributed by atoms with Crippen molar-refractivity contribution in [3.63, 3.8) is 0 Å². The van der Waals surface area contributed by atoms with E-state index in [1.807, 2.05) is 11.8 Å². The van der Waals surface area contributed by atoms with Crippen LogP contribution in [0.4, 0.5) is 0 Å². The lowest BCUT2D eigenvalue weighted by atomic mass is 10.2. The second kappa shape index (κ2) is 1.77. The second-order valence-electron chi connectivity index (χ2n) is 2.43. The van der Waals surface area contributed by atoms with Gasteiger partial charge in [0.15, 0.2) is 0 Å². The van der Waals surface area contributed by atoms with Crippen molar-refractivity contribution in [1.82, 2.24) is 0 Å². The van der Waals surface area contributed by atoms with Crippen molar-refractivity contribution in [2.45, 2.75) is 6.92 Å². The molecule has 0 fully saturated rings. The second-order valence-corrected chi connectivity index (χ2v) is 3.41. The fourth-order valence-corrected chi connectivity index (χ4v) is 2.16. The maximum Gasteiger partial charge on any atom is 0.0275 e. The maximum atomic E-state index is 2.30. The Morgan fingerprint density at radius 2 is 2.44 bits per heavy atom. The molecule has 1 heteroatoms. The zero-order valence-electron chi connectivity index (χ0n) is 5.29. The van der Waals surface area contributed by atoms with Crippen LogP contribution >= 0.6 is 11.8 Å². The summed E-state index contributed by atoms with van der Waals surface area (Å²) in [6, 6.07) is 0. The molecule has 0 saturated heterocycles. The molecule has 0 aromatic rings. The van der Waals surface area contributed by atoms with Crippen molar-refractivity contribution in [2.24, 2.45) is 5.92 Å². The average Bonchev–Trinajstić information content (AvgIpc) is 2.22. The minimum atomic E-state index is 0.634. The van der Waals surface area contributed by atoms with Gasteiger partial charge in [-0.05, 0) is 18.4 Å². The van der Waals surface area contributed by atoms with Crippen LogP contribution in [0.25, 0.3) is 0 Å². The predicted octanol–water partition coefficient (Wildman–Crippen LogP) is 2.71. The molecule has 2 rings (SSSR count). The molecule has 1 heterocycles. The summed E-state index contributed by atoms with van der Waals surface area (Å²) in [7, 11) is 0. The van der Waals surface area contributed by atoms with Gasteiger partial charge in [-0.3, -0.25) is 0 Å². The highest BCUT2D eigenvalue weighted by atomic mass is 32.2. The normalized spacial score (nSPS) is 30.1. The number of fused-ring (bicyclic) bond motifs is 1. The third-order valence-corrected chi connectivity index (χ3v) is 2.59. The van der Waals surface area contributed by atoms with E-state index >= 15 is 0 Å². The molecule has 1 aliphatic carbocycles. The maximum absolute atomic E-state index is 2.30. The van der Waals surface area contributed by atoms with Crippen LogP contribution in [-0.4, -0.2) is 0 Å². The van der Waals surface area contributed by atoms with Gasteiger partial charge in [-0.15, -0.1) is 11.8 Å². The zero-order chi connectivity index (χ0) is 6.27. The van der Waals surface area contributed by atoms with E-state index in [9.17, 15) is 0 Å². The molecule has 0 bridgehead atoms. The van der Waals surface area contributed by atoms with Crippen molar-refractivity contribution in [2.75, 3.05) is 0 Å². The fraction of sp³-hybridized carbons (Fsp3) is 0.250. The Bertz CT molecular complexity index is 221. The van der Waals surface area contributed by atoms with E-state index in [4.69, 9.17) is 0 Å². The van der Waals surface area contributed by atoms with E-state index in [1.54, 1.807) is 0 Å². The minimum Gasteiger partial charge on any atom is -0.102 e. The first-order valence-electron chi connectivity index (χ1n) is 3.09. The molecule has 1 aliphatic heterocycles. The van der Waals surface area contributed by atoms with E-state index in [1.165, 1.54) is 10.5 Å². The van der Waals surface area contributed by atoms with Gasteiger partial charge in [-0.1, -0.05) is 17.7 Å². The molecule has 0 spiro atoms. The number of rotatable bonds is 0. The van der Waals surface area contributed by atoms with E-state index < -0.39 is 0 Å². The third kappa shape index (κ3) is 0.761. The van der Waals surface area contributed by atoms with E-state index in [0.29, 0.717) is 5.92 Å². The highest BCUT2D eigenvalue weighted by molar-refractivity contribution is 8.06. The molecule has 0 amide bonds. The van der Waals surface area contributed by atoms with Gasteiger partial charge in [-0.25, -0.2) is 0 Å². The molecule has 1 atom stereocenters. The van der Waals surface area contributed by atoms with Gasteiger partial charge in [0.1, 0.15) is 0 Å². The summed E-state index contributed by atoms with van der Waals surface area (Å²) in [6.45, 7) is 2.15. The van der Waals surface area contributed by atoms with E-state index in [2.05, 4.69) is 30.6 Å². The summed E-state index contributed by atoms with van der Waals surface area (Å²) >= 11 is 1.85. The molecule has 9 heavy (non-hydrogen) atoms. The average molecular weight is 136 g/mol. The summed E-state index contributed by atoms with van der Waals surface area (Å²) in [5.41, 5.74) is 1.41. The molecular weight excluding hydrogens is 128 g/mol. The van der Waals surface area contributed by atoms with Crippen molar-refractivity contribution < 1.29 is 0 Å². The molecular formula is C8H8S. The fourth-order valence-electron chi connectivity index (χ4n) is 1.20. The van der Waals surface area contributed by atoms with Crippen LogP contribution in [0, 0.1) is 5.92 Å². The van der Waals surface area contributed by atoms with Gasteiger partial charge in [-0.2, -0.15) is 0 Å². The Morgan fingerprint density at radius 1 is 1.56 bits per heavy atom. The molecule has 0 aromatic heterocycles. The monoisotopic (exact) mass is 136 g/mol. The quantitative estimate of drug-likeness (QED) is 0.493. The van der Waals surface area contributed by atoms with Crippen LogP contribution in [0.3, 0.4) is 0 Å². The first-order chi connectivity index (χ1) is 4.36. The van der Waals surface area contributed by atoms with Crippen LogP contribution in [0.2, 0.25) is 0 Å². The highest BCUT2D eigenvalue weighted by Gasteiger charge is 2.17. The lowest BCUT2D eigenvalue weighted by Gasteiger charge is -1.94. The van der Waals surface area contributed by atoms with Crippen LogP contribution in [-0.2, 0) is 0 Å². The van der Waals surface area contributed by atoms with Crippen molar-refractivity contribution in [1.29, 1.82) is 0 Å². The Kier molecular flexibility index (Phi) is 1.06. The Morgan fingerprint density at radius 3 is 3.22 bits per heavy atom. The number of hydrogen-bond donors (Lipinski definition) is 0. The van der Waals surface area contributed by atoms with Crippen LogP contribution in [0.15, 0.2) is 34.1 Å². The summed E-state index contributed by atoms with van der Waals surface area (Å²) in [6.07, 6.45) is 6.80. The summed E-state index contributed by atoms with van der Waals surface area (Å²) in [4.78, 5) is 1.49. The van der Waals surface area contributed by atoms with E-state index in [-0.39, 0.29) is 0 Å². The van der Waals surface area contributed by atoms with Gasteiger partial charge in [0, 0.05) is 10.8 Å². The largest absolute Gasteiger partial charge is 0.102 e. The standard InChI is InChI=1S/C8H8S/c1-6-4-7-2-3-9-8(7)5-6/h2-5,7H,1H3/t7-/m0/s1. The number of hydrogen-bond acceptors (Lipinski definition) is 1. The zero-order valence-corrected chi connectivity index (χ0v) is 6.11. The molecule has 0 saturated carbocycles. The molecule has 0 radical (unpaired) electrons. The van der Waals surface area contributed by atoms with Crippen molar-refractivity contribution >= 4 is 11.8 Å². The van der Waals surface area contributed by atoms with Gasteiger partial charge in [0.05, 0.1) is 0 Å². The lowest BCUT2D eigenvalue weighted by Crippen LogP contribution is -1.80. The van der Waals surface area contributed by atoms with Crippen LogP contribution in [0.1, 0.15) is 6.92 Å². The van der Waals surface area contributed by atoms with Crippen LogP contribution < -0.4 is 0 Å². The van der Waals surface area contributed by atoms with Gasteiger partial charge in [0.2, 0.25) is 0 Å². The molecule has 2 aliphatic rings. The Hall–Kier alpha value is -0.430. The minimum absolute atomic E-state index is 0.634. The van der Waals surface area contributed by atoms with Crippen molar-refractivity contribution in [3.8, 4) is 0 Å². The number of thioether (sulfide) groups is 1. The first-order valence-corrected chi connectivity index (χ1v) is 3.97. The first kappa shape index (κ1) is 5.36. The topological polar surface area (TPSA) is 0 Å². The van der Waals surface area contributed by atoms with Gasteiger partial charge in [0.25, 0.3) is 0 Å². The Labute approximate surface area is 59.3 Å². The summed E-state index contributed by atoms with van der Waals surface area (Å²) < 4.78 is 0. The number of allylic oxidation sites excluding steroid dienone is 5. The highest BCUT2D eigenvalue weighted by Crippen LogP contribution is 2.39. The molecule has 0 aromatic carbocycles. The van der Waals surface area contributed by atoms with Crippen molar-refractivity contribution in [3.05, 3.63) is 34.1 Å². The van der Waals surface area contributed by atoms with Crippen LogP contribution in [0.5, 0.6) is 0 Å². The van der Waals surface area contributed by atoms with E-state index in [0.717, 1.165) is 0 Å². The third-order valence-electron chi connectivity index (χ3n) is 1.63. The molecule has 0 nitrogen and oxygen atoms in total. The summed E-state index contributed by atoms with van der Waals surface area (Å²) in [5.74, 6) is 0.634. The molecule has 0 unspecified atom stereocenters. The van der Waals surface area contributed by atoms with Gasteiger partial charge < -0.3 is 0 Å². The smallest absolute Gasteiger partial charge is 0.0275 e. The predicted molar refractivity (Wildman–Crippen MR) is 42.1 cm³/mol. The summed E-state index contributed by atoms with van der Waals surface area (Å²) in [5, 5.41) is 2.17. The molecule has 46 valence electrons. The molecule has 0 N–H and O–H groups in total. The van der Waals surface area contributed by atoms with Gasteiger partial charge >= 0.3 is 0 Å².